The Morgan fingerprint density at radius 1 is 1.15 bits per heavy atom. The molecule has 1 saturated heterocycles. The van der Waals surface area contributed by atoms with Crippen molar-refractivity contribution in [3.05, 3.63) is 83.6 Å². The molecule has 1 aliphatic heterocycles. The van der Waals surface area contributed by atoms with Gasteiger partial charge in [-0.2, -0.15) is 0 Å². The molecule has 0 bridgehead atoms. The number of phenolic OH excluding ortho intramolecular Hbond substituents is 1. The van der Waals surface area contributed by atoms with E-state index in [-0.39, 0.29) is 17.4 Å². The van der Waals surface area contributed by atoms with Crippen molar-refractivity contribution in [3.63, 3.8) is 0 Å². The zero-order chi connectivity index (χ0) is 30.2. The smallest absolute Gasteiger partial charge is 0.161 e. The van der Waals surface area contributed by atoms with Crippen LogP contribution in [0.25, 0.3) is 5.57 Å². The first-order valence-corrected chi connectivity index (χ1v) is 15.0. The van der Waals surface area contributed by atoms with Crippen molar-refractivity contribution in [2.45, 2.75) is 66.2 Å². The van der Waals surface area contributed by atoms with Crippen LogP contribution in [0.2, 0.25) is 0 Å². The highest BCUT2D eigenvalue weighted by Gasteiger charge is 2.23. The van der Waals surface area contributed by atoms with Crippen LogP contribution in [0.5, 0.6) is 5.75 Å². The normalized spacial score (nSPS) is 15.8. The number of allylic oxidation sites excluding steroid dienone is 2. The second kappa shape index (κ2) is 18.1. The molecule has 2 aromatic carbocycles. The molecule has 0 amide bonds. The number of hydrogen-bond donors (Lipinski definition) is 3. The van der Waals surface area contributed by atoms with Gasteiger partial charge in [0.25, 0.3) is 0 Å². The van der Waals surface area contributed by atoms with Crippen LogP contribution in [-0.2, 0) is 11.2 Å². The summed E-state index contributed by atoms with van der Waals surface area (Å²) in [6.45, 7) is 15.5. The molecule has 0 saturated carbocycles. The summed E-state index contributed by atoms with van der Waals surface area (Å²) in [6, 6.07) is 14.3. The number of nitrogens with two attached hydrogens (primary N) is 1. The second-order valence-electron chi connectivity index (χ2n) is 11.0. The average Bonchev–Trinajstić information content (AvgIpc) is 2.99. The molecular weight excluding hydrogens is 510 g/mol. The van der Waals surface area contributed by atoms with E-state index in [1.54, 1.807) is 50.4 Å². The molecule has 0 aromatic heterocycles. The van der Waals surface area contributed by atoms with Gasteiger partial charge in [-0.3, -0.25) is 9.79 Å². The Labute approximate surface area is 247 Å². The van der Waals surface area contributed by atoms with Crippen LogP contribution in [0.15, 0.2) is 71.9 Å². The number of carbonyl (C=O) groups excluding carboxylic acids is 1. The molecule has 2 aromatic rings. The topological polar surface area (TPSA) is 96.9 Å². The van der Waals surface area contributed by atoms with E-state index in [1.165, 1.54) is 45.2 Å². The fourth-order valence-corrected chi connectivity index (χ4v) is 5.16. The van der Waals surface area contributed by atoms with Gasteiger partial charge in [0, 0.05) is 24.6 Å². The maximum absolute atomic E-state index is 11.3. The molecule has 0 spiro atoms. The first kappa shape index (κ1) is 33.8. The summed E-state index contributed by atoms with van der Waals surface area (Å²) in [6.07, 6.45) is 9.32. The number of ether oxygens (including phenoxy) is 1. The third kappa shape index (κ3) is 11.6. The first-order valence-electron chi connectivity index (χ1n) is 15.0. The molecule has 6 heteroatoms. The third-order valence-corrected chi connectivity index (χ3v) is 8.03. The first-order chi connectivity index (χ1) is 19.7. The van der Waals surface area contributed by atoms with E-state index in [2.05, 4.69) is 37.7 Å². The van der Waals surface area contributed by atoms with E-state index in [1.807, 2.05) is 18.2 Å². The summed E-state index contributed by atoms with van der Waals surface area (Å²) < 4.78 is 5.80. The van der Waals surface area contributed by atoms with Gasteiger partial charge in [-0.05, 0) is 80.3 Å². The Hall–Kier alpha value is -3.38. The van der Waals surface area contributed by atoms with Crippen molar-refractivity contribution >= 4 is 17.2 Å². The number of aromatic hydroxyl groups is 1. The van der Waals surface area contributed by atoms with E-state index in [0.29, 0.717) is 35.5 Å². The van der Waals surface area contributed by atoms with Crippen LogP contribution in [0.3, 0.4) is 0 Å². The Kier molecular flexibility index (Phi) is 15.0. The third-order valence-electron chi connectivity index (χ3n) is 8.03. The maximum Gasteiger partial charge on any atom is 0.161 e. The fraction of sp³-hybridized carbons (Fsp3) is 0.486. The standard InChI is InChI=1S/C22H24N2O3.C13H27N/c1-15(19-6-4-5-7-20(19)26)14-21(22(23)24-3)27-13-12-17-8-10-18(11-9-17)16(2)25;1-4-11(3)10-12(5-2)13-6-8-14-9-7-13/h4-11,14,26H,1,12-13H2,2-3H3,(H2,23,24);11-14H,4-10H2,1-3H3/b21-14+;. The molecule has 1 heterocycles. The molecule has 224 valence electrons. The Balaban J connectivity index is 0.000000353. The minimum atomic E-state index is 0.0395. The number of para-hydroxylation sites is 1. The molecule has 3 rings (SSSR count). The number of piperidine rings is 1. The van der Waals surface area contributed by atoms with Crippen molar-refractivity contribution in [3.8, 4) is 5.75 Å². The van der Waals surface area contributed by atoms with Crippen LogP contribution in [0, 0.1) is 17.8 Å². The lowest BCUT2D eigenvalue weighted by Gasteiger charge is -2.31. The van der Waals surface area contributed by atoms with Gasteiger partial charge in [-0.15, -0.1) is 0 Å². The molecule has 2 unspecified atom stereocenters. The van der Waals surface area contributed by atoms with Crippen LogP contribution in [0.1, 0.15) is 81.3 Å². The number of aliphatic imine (C=N–C) groups is 1. The Morgan fingerprint density at radius 2 is 1.80 bits per heavy atom. The lowest BCUT2D eigenvalue weighted by Crippen LogP contribution is -2.32. The number of nitrogens with one attached hydrogen (secondary N) is 1. The number of carbonyl (C=O) groups is 1. The van der Waals surface area contributed by atoms with Gasteiger partial charge in [0.15, 0.2) is 17.4 Å². The van der Waals surface area contributed by atoms with Gasteiger partial charge >= 0.3 is 0 Å². The lowest BCUT2D eigenvalue weighted by atomic mass is 9.78. The molecule has 41 heavy (non-hydrogen) atoms. The quantitative estimate of drug-likeness (QED) is 0.0791. The average molecular weight is 562 g/mol. The number of ketones is 1. The number of amidine groups is 1. The summed E-state index contributed by atoms with van der Waals surface area (Å²) in [4.78, 5) is 15.3. The predicted octanol–water partition coefficient (Wildman–Crippen LogP) is 7.19. The van der Waals surface area contributed by atoms with Crippen LogP contribution in [0.4, 0.5) is 0 Å². The Morgan fingerprint density at radius 3 is 2.37 bits per heavy atom. The zero-order valence-electron chi connectivity index (χ0n) is 25.8. The lowest BCUT2D eigenvalue weighted by molar-refractivity contribution is 0.101. The number of Topliss-reactive ketones (excluding diaryl/α,β-unsaturated/α-hetero) is 1. The monoisotopic (exact) mass is 561 g/mol. The molecular formula is C35H51N3O3. The highest BCUT2D eigenvalue weighted by molar-refractivity contribution is 5.97. The summed E-state index contributed by atoms with van der Waals surface area (Å²) in [5, 5.41) is 13.4. The van der Waals surface area contributed by atoms with Gasteiger partial charge in [0.05, 0.1) is 6.61 Å². The SMILES string of the molecule is C=C(/C=C(/OCCc1ccc(C(C)=O)cc1)C(N)=NC)c1ccccc1O.CCC(C)CC(CC)C1CCNCC1. The molecule has 6 nitrogen and oxygen atoms in total. The van der Waals surface area contributed by atoms with Crippen molar-refractivity contribution in [1.29, 1.82) is 0 Å². The van der Waals surface area contributed by atoms with Crippen molar-refractivity contribution in [2.75, 3.05) is 26.7 Å². The number of phenols is 1. The number of rotatable bonds is 13. The van der Waals surface area contributed by atoms with Crippen molar-refractivity contribution in [1.82, 2.24) is 5.32 Å². The predicted molar refractivity (Wildman–Crippen MR) is 172 cm³/mol. The fourth-order valence-electron chi connectivity index (χ4n) is 5.16. The van der Waals surface area contributed by atoms with E-state index < -0.39 is 0 Å². The molecule has 1 aliphatic rings. The Bertz CT molecular complexity index is 1150. The van der Waals surface area contributed by atoms with Gasteiger partial charge in [-0.25, -0.2) is 0 Å². The van der Waals surface area contributed by atoms with Gasteiger partial charge < -0.3 is 20.9 Å². The van der Waals surface area contributed by atoms with Crippen molar-refractivity contribution < 1.29 is 14.6 Å². The molecule has 2 atom stereocenters. The molecule has 4 N–H and O–H groups in total. The number of benzene rings is 2. The van der Waals surface area contributed by atoms with Crippen LogP contribution in [-0.4, -0.2) is 43.5 Å². The maximum atomic E-state index is 11.3. The second-order valence-corrected chi connectivity index (χ2v) is 11.0. The number of nitrogens with zero attached hydrogens (tertiary/aromatic N) is 1. The largest absolute Gasteiger partial charge is 0.507 e. The number of hydrogen-bond acceptors (Lipinski definition) is 5. The van der Waals surface area contributed by atoms with E-state index >= 15 is 0 Å². The minimum absolute atomic E-state index is 0.0395. The minimum Gasteiger partial charge on any atom is -0.507 e. The van der Waals surface area contributed by atoms with Crippen LogP contribution >= 0.6 is 0 Å². The van der Waals surface area contributed by atoms with E-state index in [0.717, 1.165) is 23.3 Å². The summed E-state index contributed by atoms with van der Waals surface area (Å²) in [5.41, 5.74) is 8.83. The van der Waals surface area contributed by atoms with E-state index in [9.17, 15) is 9.90 Å². The highest BCUT2D eigenvalue weighted by Crippen LogP contribution is 2.31. The van der Waals surface area contributed by atoms with Gasteiger partial charge in [-0.1, -0.05) is 82.7 Å². The van der Waals surface area contributed by atoms with Crippen LogP contribution < -0.4 is 11.1 Å². The summed E-state index contributed by atoms with van der Waals surface area (Å²) in [7, 11) is 1.58. The van der Waals surface area contributed by atoms with E-state index in [4.69, 9.17) is 10.5 Å². The van der Waals surface area contributed by atoms with Gasteiger partial charge in [0.2, 0.25) is 0 Å². The van der Waals surface area contributed by atoms with Gasteiger partial charge in [0.1, 0.15) is 5.75 Å². The summed E-state index contributed by atoms with van der Waals surface area (Å²) in [5.74, 6) is 3.75. The molecule has 0 radical (unpaired) electrons. The summed E-state index contributed by atoms with van der Waals surface area (Å²) >= 11 is 0. The zero-order valence-corrected chi connectivity index (χ0v) is 25.8. The van der Waals surface area contributed by atoms with Crippen molar-refractivity contribution in [2.24, 2.45) is 28.5 Å². The molecule has 1 fully saturated rings. The molecule has 0 aliphatic carbocycles. The highest BCUT2D eigenvalue weighted by atomic mass is 16.5.